The number of nitrogens with two attached hydrogens (primary N) is 1. The lowest BCUT2D eigenvalue weighted by molar-refractivity contribution is 0.552. The summed E-state index contributed by atoms with van der Waals surface area (Å²) < 4.78 is 17.8. The molecule has 2 N–H and O–H groups in total. The molecule has 0 radical (unpaired) electrons. The first-order valence-electron chi connectivity index (χ1n) is 5.91. The first kappa shape index (κ1) is 13.1. The lowest BCUT2D eigenvalue weighted by Gasteiger charge is -2.01. The zero-order chi connectivity index (χ0) is 14.1. The van der Waals surface area contributed by atoms with Crippen molar-refractivity contribution in [2.45, 2.75) is 10.6 Å². The number of fused-ring (bicyclic) bond motifs is 1. The van der Waals surface area contributed by atoms with Gasteiger partial charge in [-0.15, -0.1) is 0 Å². The van der Waals surface area contributed by atoms with E-state index in [-0.39, 0.29) is 5.75 Å². The van der Waals surface area contributed by atoms with Crippen LogP contribution in [0.5, 0.6) is 0 Å². The van der Waals surface area contributed by atoms with Gasteiger partial charge in [-0.05, 0) is 24.3 Å². The molecule has 0 saturated heterocycles. The van der Waals surface area contributed by atoms with E-state index in [9.17, 15) is 4.21 Å². The largest absolute Gasteiger partial charge is 0.440 e. The van der Waals surface area contributed by atoms with Gasteiger partial charge in [0.05, 0.1) is 20.7 Å². The fourth-order valence-electron chi connectivity index (χ4n) is 1.87. The van der Waals surface area contributed by atoms with Crippen molar-refractivity contribution >= 4 is 39.2 Å². The summed E-state index contributed by atoms with van der Waals surface area (Å²) in [5.74, 6) is 0.585. The van der Waals surface area contributed by atoms with E-state index in [1.165, 1.54) is 0 Å². The minimum atomic E-state index is -1.30. The van der Waals surface area contributed by atoms with Gasteiger partial charge >= 0.3 is 0 Å². The van der Waals surface area contributed by atoms with Gasteiger partial charge in [0.2, 0.25) is 5.89 Å². The lowest BCUT2D eigenvalue weighted by atomic mass is 10.3. The summed E-state index contributed by atoms with van der Waals surface area (Å²) in [6, 6.07) is 12.3. The highest BCUT2D eigenvalue weighted by Crippen LogP contribution is 2.23. The van der Waals surface area contributed by atoms with Gasteiger partial charge in [0.15, 0.2) is 5.58 Å². The van der Waals surface area contributed by atoms with Crippen molar-refractivity contribution in [1.29, 1.82) is 0 Å². The lowest BCUT2D eigenvalue weighted by Crippen LogP contribution is -1.97. The number of hydrogen-bond donors (Lipinski definition) is 1. The molecule has 102 valence electrons. The molecule has 0 aliphatic rings. The maximum atomic E-state index is 12.3. The molecule has 1 heterocycles. The first-order valence-corrected chi connectivity index (χ1v) is 7.61. The minimum absolute atomic E-state index is 0.179. The molecule has 0 bridgehead atoms. The minimum Gasteiger partial charge on any atom is -0.440 e. The highest BCUT2D eigenvalue weighted by Gasteiger charge is 2.13. The van der Waals surface area contributed by atoms with E-state index in [4.69, 9.17) is 21.8 Å². The molecule has 0 saturated carbocycles. The SMILES string of the molecule is Nc1ccc2nc(CS(=O)c3ccccc3Cl)oc2c1. The second kappa shape index (κ2) is 5.26. The molecule has 1 aromatic heterocycles. The van der Waals surface area contributed by atoms with Crippen LogP contribution in [0.4, 0.5) is 5.69 Å². The van der Waals surface area contributed by atoms with E-state index < -0.39 is 10.8 Å². The molecule has 20 heavy (non-hydrogen) atoms. The molecule has 1 unspecified atom stereocenters. The normalized spacial score (nSPS) is 12.7. The number of oxazole rings is 1. The zero-order valence-corrected chi connectivity index (χ0v) is 11.9. The highest BCUT2D eigenvalue weighted by atomic mass is 35.5. The van der Waals surface area contributed by atoms with Crippen LogP contribution in [0.1, 0.15) is 5.89 Å². The molecule has 6 heteroatoms. The summed E-state index contributed by atoms with van der Waals surface area (Å²) in [6.45, 7) is 0. The Hall–Kier alpha value is -1.85. The molecule has 0 fully saturated rings. The van der Waals surface area contributed by atoms with Crippen LogP contribution in [0.15, 0.2) is 51.8 Å². The fraction of sp³-hybridized carbons (Fsp3) is 0.0714. The van der Waals surface area contributed by atoms with Gasteiger partial charge in [0.1, 0.15) is 11.3 Å². The van der Waals surface area contributed by atoms with E-state index in [0.29, 0.717) is 32.6 Å². The van der Waals surface area contributed by atoms with Crippen LogP contribution in [0, 0.1) is 0 Å². The van der Waals surface area contributed by atoms with Crippen LogP contribution in [-0.2, 0) is 16.6 Å². The van der Waals surface area contributed by atoms with E-state index in [1.54, 1.807) is 42.5 Å². The van der Waals surface area contributed by atoms with E-state index >= 15 is 0 Å². The molecule has 0 aliphatic heterocycles. The van der Waals surface area contributed by atoms with Gasteiger partial charge in [-0.3, -0.25) is 4.21 Å². The van der Waals surface area contributed by atoms with Crippen molar-refractivity contribution in [3.8, 4) is 0 Å². The molecule has 1 atom stereocenters. The molecule has 3 aromatic rings. The number of anilines is 1. The second-order valence-electron chi connectivity index (χ2n) is 4.26. The Morgan fingerprint density at radius 3 is 2.85 bits per heavy atom. The van der Waals surface area contributed by atoms with Crippen molar-refractivity contribution < 1.29 is 8.63 Å². The molecule has 4 nitrogen and oxygen atoms in total. The summed E-state index contributed by atoms with van der Waals surface area (Å²) in [5.41, 5.74) is 7.58. The van der Waals surface area contributed by atoms with Gasteiger partial charge in [-0.1, -0.05) is 23.7 Å². The standard InChI is InChI=1S/C14H11ClN2O2S/c15-10-3-1-2-4-13(10)20(18)8-14-17-11-6-5-9(16)7-12(11)19-14/h1-7H,8,16H2. The quantitative estimate of drug-likeness (QED) is 0.753. The highest BCUT2D eigenvalue weighted by molar-refractivity contribution is 7.84. The predicted molar refractivity (Wildman–Crippen MR) is 80.0 cm³/mol. The van der Waals surface area contributed by atoms with Crippen molar-refractivity contribution in [2.24, 2.45) is 0 Å². The van der Waals surface area contributed by atoms with E-state index in [2.05, 4.69) is 4.98 Å². The summed E-state index contributed by atoms with van der Waals surface area (Å²) in [4.78, 5) is 4.87. The number of aromatic nitrogens is 1. The van der Waals surface area contributed by atoms with Crippen LogP contribution in [0.2, 0.25) is 5.02 Å². The van der Waals surface area contributed by atoms with Crippen molar-refractivity contribution in [3.63, 3.8) is 0 Å². The Balaban J connectivity index is 1.89. The smallest absolute Gasteiger partial charge is 0.208 e. The molecular weight excluding hydrogens is 296 g/mol. The average molecular weight is 307 g/mol. The number of nitrogen functional groups attached to an aromatic ring is 1. The number of nitrogens with zero attached hydrogens (tertiary/aromatic N) is 1. The third-order valence-corrected chi connectivity index (χ3v) is 4.59. The number of rotatable bonds is 3. The van der Waals surface area contributed by atoms with Gasteiger partial charge in [-0.25, -0.2) is 4.98 Å². The number of hydrogen-bond acceptors (Lipinski definition) is 4. The maximum absolute atomic E-state index is 12.3. The van der Waals surface area contributed by atoms with Crippen molar-refractivity contribution in [1.82, 2.24) is 4.98 Å². The Labute approximate surface area is 123 Å². The first-order chi connectivity index (χ1) is 9.63. The Morgan fingerprint density at radius 1 is 1.25 bits per heavy atom. The van der Waals surface area contributed by atoms with Crippen molar-refractivity contribution in [2.75, 3.05) is 5.73 Å². The maximum Gasteiger partial charge on any atom is 0.208 e. The predicted octanol–water partition coefficient (Wildman–Crippen LogP) is 3.37. The summed E-state index contributed by atoms with van der Waals surface area (Å²) in [5, 5.41) is 0.478. The topological polar surface area (TPSA) is 69.1 Å². The van der Waals surface area contributed by atoms with E-state index in [1.807, 2.05) is 0 Å². The Morgan fingerprint density at radius 2 is 2.05 bits per heavy atom. The molecule has 0 aliphatic carbocycles. The number of halogens is 1. The summed E-state index contributed by atoms with van der Waals surface area (Å²) >= 11 is 6.02. The Bertz CT molecular complexity index is 801. The summed E-state index contributed by atoms with van der Waals surface area (Å²) in [6.07, 6.45) is 0. The molecule has 2 aromatic carbocycles. The van der Waals surface area contributed by atoms with Gasteiger partial charge in [0, 0.05) is 11.8 Å². The van der Waals surface area contributed by atoms with Gasteiger partial charge < -0.3 is 10.2 Å². The van der Waals surface area contributed by atoms with Crippen LogP contribution in [0.25, 0.3) is 11.1 Å². The molecule has 0 amide bonds. The summed E-state index contributed by atoms with van der Waals surface area (Å²) in [7, 11) is -1.30. The van der Waals surface area contributed by atoms with Gasteiger partial charge in [-0.2, -0.15) is 0 Å². The van der Waals surface area contributed by atoms with E-state index in [0.717, 1.165) is 0 Å². The third-order valence-electron chi connectivity index (χ3n) is 2.79. The molecular formula is C14H11ClN2O2S. The van der Waals surface area contributed by atoms with Gasteiger partial charge in [0.25, 0.3) is 0 Å². The average Bonchev–Trinajstić information content (AvgIpc) is 2.80. The van der Waals surface area contributed by atoms with Crippen LogP contribution in [-0.4, -0.2) is 9.19 Å². The zero-order valence-electron chi connectivity index (χ0n) is 10.4. The monoisotopic (exact) mass is 306 g/mol. The van der Waals surface area contributed by atoms with Crippen LogP contribution >= 0.6 is 11.6 Å². The number of benzene rings is 2. The molecule has 3 rings (SSSR count). The Kier molecular flexibility index (Phi) is 3.46. The third kappa shape index (κ3) is 2.55. The second-order valence-corrected chi connectivity index (χ2v) is 6.08. The van der Waals surface area contributed by atoms with Crippen molar-refractivity contribution in [3.05, 3.63) is 53.4 Å². The molecule has 0 spiro atoms. The van der Waals surface area contributed by atoms with Crippen LogP contribution in [0.3, 0.4) is 0 Å². The van der Waals surface area contributed by atoms with Crippen LogP contribution < -0.4 is 5.73 Å². The fourth-order valence-corrected chi connectivity index (χ4v) is 3.28.